The summed E-state index contributed by atoms with van der Waals surface area (Å²) in [5.74, 6) is 1.83. The highest BCUT2D eigenvalue weighted by atomic mass is 32.2. The molecule has 3 atom stereocenters. The SMILES string of the molecule is Cc1ccc(SCC23CNCC2C=C2CCCC2N3)cc1. The van der Waals surface area contributed by atoms with E-state index in [1.165, 1.54) is 29.7 Å². The zero-order chi connectivity index (χ0) is 14.3. The van der Waals surface area contributed by atoms with Gasteiger partial charge in [0.15, 0.2) is 0 Å². The summed E-state index contributed by atoms with van der Waals surface area (Å²) in [4.78, 5) is 1.39. The number of hydrogen-bond acceptors (Lipinski definition) is 3. The minimum absolute atomic E-state index is 0.258. The predicted molar refractivity (Wildman–Crippen MR) is 89.9 cm³/mol. The Balaban J connectivity index is 1.51. The van der Waals surface area contributed by atoms with Gasteiger partial charge in [0, 0.05) is 41.2 Å². The lowest BCUT2D eigenvalue weighted by atomic mass is 9.82. The molecule has 0 aromatic heterocycles. The van der Waals surface area contributed by atoms with Crippen LogP contribution in [0, 0.1) is 12.8 Å². The monoisotopic (exact) mass is 300 g/mol. The van der Waals surface area contributed by atoms with Crippen LogP contribution in [0.15, 0.2) is 40.8 Å². The summed E-state index contributed by atoms with van der Waals surface area (Å²) >= 11 is 2.01. The van der Waals surface area contributed by atoms with Gasteiger partial charge in [-0.2, -0.15) is 0 Å². The molecule has 3 heteroatoms. The van der Waals surface area contributed by atoms with Gasteiger partial charge in [-0.3, -0.25) is 0 Å². The van der Waals surface area contributed by atoms with Crippen molar-refractivity contribution in [1.82, 2.24) is 10.6 Å². The third kappa shape index (κ3) is 2.56. The maximum absolute atomic E-state index is 4.02. The number of fused-ring (bicyclic) bond motifs is 2. The molecule has 4 rings (SSSR count). The van der Waals surface area contributed by atoms with Gasteiger partial charge in [-0.05, 0) is 38.3 Å². The molecule has 0 amide bonds. The number of benzene rings is 1. The maximum Gasteiger partial charge on any atom is 0.0481 e. The third-order valence-electron chi connectivity index (χ3n) is 5.31. The fourth-order valence-electron chi connectivity index (χ4n) is 4.04. The summed E-state index contributed by atoms with van der Waals surface area (Å²) in [5.41, 5.74) is 3.28. The Morgan fingerprint density at radius 1 is 1.29 bits per heavy atom. The van der Waals surface area contributed by atoms with Crippen molar-refractivity contribution in [2.24, 2.45) is 5.92 Å². The average Bonchev–Trinajstić information content (AvgIpc) is 3.09. The van der Waals surface area contributed by atoms with Crippen molar-refractivity contribution in [2.75, 3.05) is 18.8 Å². The molecule has 2 N–H and O–H groups in total. The Morgan fingerprint density at radius 3 is 3.00 bits per heavy atom. The molecule has 1 aliphatic carbocycles. The first kappa shape index (κ1) is 13.9. The van der Waals surface area contributed by atoms with Crippen LogP contribution in [-0.4, -0.2) is 30.4 Å². The van der Waals surface area contributed by atoms with E-state index in [2.05, 4.69) is 47.9 Å². The second kappa shape index (κ2) is 5.45. The van der Waals surface area contributed by atoms with Gasteiger partial charge in [0.05, 0.1) is 0 Å². The Kier molecular flexibility index (Phi) is 3.60. The molecule has 3 unspecified atom stereocenters. The fourth-order valence-corrected chi connectivity index (χ4v) is 5.19. The van der Waals surface area contributed by atoms with Crippen molar-refractivity contribution in [1.29, 1.82) is 0 Å². The number of nitrogens with one attached hydrogen (secondary N) is 2. The Bertz CT molecular complexity index is 551. The molecule has 0 spiro atoms. The number of rotatable bonds is 3. The van der Waals surface area contributed by atoms with Gasteiger partial charge in [-0.15, -0.1) is 11.8 Å². The van der Waals surface area contributed by atoms with E-state index < -0.39 is 0 Å². The van der Waals surface area contributed by atoms with E-state index >= 15 is 0 Å². The standard InChI is InChI=1S/C18H24N2S/c1-13-5-7-16(8-6-13)21-12-18-11-19-10-15(18)9-14-3-2-4-17(14)20-18/h5-9,15,17,19-20H,2-4,10-12H2,1H3. The molecular formula is C18H24N2S. The van der Waals surface area contributed by atoms with Gasteiger partial charge >= 0.3 is 0 Å². The van der Waals surface area contributed by atoms with E-state index in [1.807, 2.05) is 11.8 Å². The normalized spacial score (nSPS) is 34.4. The van der Waals surface area contributed by atoms with Crippen molar-refractivity contribution in [3.63, 3.8) is 0 Å². The first-order chi connectivity index (χ1) is 10.3. The van der Waals surface area contributed by atoms with E-state index in [0.29, 0.717) is 12.0 Å². The van der Waals surface area contributed by atoms with E-state index in [1.54, 1.807) is 5.57 Å². The molecule has 2 nitrogen and oxygen atoms in total. The molecule has 1 aromatic carbocycles. The number of hydrogen-bond donors (Lipinski definition) is 2. The largest absolute Gasteiger partial charge is 0.314 e. The predicted octanol–water partition coefficient (Wildman–Crippen LogP) is 3.13. The van der Waals surface area contributed by atoms with Crippen LogP contribution in [0.1, 0.15) is 24.8 Å². The van der Waals surface area contributed by atoms with E-state index in [-0.39, 0.29) is 5.54 Å². The highest BCUT2D eigenvalue weighted by Crippen LogP contribution is 2.39. The zero-order valence-electron chi connectivity index (χ0n) is 12.7. The summed E-state index contributed by atoms with van der Waals surface area (Å²) in [6, 6.07) is 9.60. The summed E-state index contributed by atoms with van der Waals surface area (Å²) in [6.45, 7) is 4.40. The van der Waals surface area contributed by atoms with Gasteiger partial charge in [-0.1, -0.05) is 29.3 Å². The molecule has 3 aliphatic rings. The van der Waals surface area contributed by atoms with Gasteiger partial charge in [0.25, 0.3) is 0 Å². The second-order valence-corrected chi connectivity index (χ2v) is 7.87. The Labute approximate surface area is 131 Å². The number of aryl methyl sites for hydroxylation is 1. The van der Waals surface area contributed by atoms with Crippen LogP contribution >= 0.6 is 11.8 Å². The van der Waals surface area contributed by atoms with Gasteiger partial charge in [0.1, 0.15) is 0 Å². The topological polar surface area (TPSA) is 24.1 Å². The van der Waals surface area contributed by atoms with Crippen molar-refractivity contribution in [2.45, 2.75) is 42.7 Å². The maximum atomic E-state index is 4.02. The lowest BCUT2D eigenvalue weighted by Gasteiger charge is -2.41. The van der Waals surface area contributed by atoms with Crippen molar-refractivity contribution >= 4 is 11.8 Å². The van der Waals surface area contributed by atoms with Crippen LogP contribution in [0.2, 0.25) is 0 Å². The molecule has 0 bridgehead atoms. The van der Waals surface area contributed by atoms with Crippen molar-refractivity contribution in [3.8, 4) is 0 Å². The van der Waals surface area contributed by atoms with Crippen LogP contribution < -0.4 is 10.6 Å². The first-order valence-corrected chi connectivity index (χ1v) is 9.12. The van der Waals surface area contributed by atoms with Gasteiger partial charge in [0.2, 0.25) is 0 Å². The molecular weight excluding hydrogens is 276 g/mol. The number of thioether (sulfide) groups is 1. The molecule has 1 saturated carbocycles. The van der Waals surface area contributed by atoms with Crippen LogP contribution in [0.3, 0.4) is 0 Å². The average molecular weight is 300 g/mol. The Morgan fingerprint density at radius 2 is 2.14 bits per heavy atom. The van der Waals surface area contributed by atoms with Crippen LogP contribution in [0.4, 0.5) is 0 Å². The molecule has 2 heterocycles. The summed E-state index contributed by atoms with van der Waals surface area (Å²) < 4.78 is 0. The highest BCUT2D eigenvalue weighted by molar-refractivity contribution is 7.99. The minimum Gasteiger partial charge on any atom is -0.314 e. The lowest BCUT2D eigenvalue weighted by Crippen LogP contribution is -2.59. The van der Waals surface area contributed by atoms with Crippen LogP contribution in [0.5, 0.6) is 0 Å². The van der Waals surface area contributed by atoms with Crippen molar-refractivity contribution in [3.05, 3.63) is 41.5 Å². The third-order valence-corrected chi connectivity index (χ3v) is 6.58. The highest BCUT2D eigenvalue weighted by Gasteiger charge is 2.47. The second-order valence-electron chi connectivity index (χ2n) is 6.83. The van der Waals surface area contributed by atoms with E-state index in [0.717, 1.165) is 18.8 Å². The minimum atomic E-state index is 0.258. The summed E-state index contributed by atoms with van der Waals surface area (Å²) in [6.07, 6.45) is 6.61. The zero-order valence-corrected chi connectivity index (χ0v) is 13.5. The molecule has 21 heavy (non-hydrogen) atoms. The van der Waals surface area contributed by atoms with Crippen LogP contribution in [-0.2, 0) is 0 Å². The smallest absolute Gasteiger partial charge is 0.0481 e. The fraction of sp³-hybridized carbons (Fsp3) is 0.556. The van der Waals surface area contributed by atoms with E-state index in [9.17, 15) is 0 Å². The summed E-state index contributed by atoms with van der Waals surface area (Å²) in [5, 5.41) is 7.64. The summed E-state index contributed by atoms with van der Waals surface area (Å²) in [7, 11) is 0. The molecule has 2 aliphatic heterocycles. The van der Waals surface area contributed by atoms with Gasteiger partial charge in [-0.25, -0.2) is 0 Å². The quantitative estimate of drug-likeness (QED) is 0.662. The molecule has 1 saturated heterocycles. The van der Waals surface area contributed by atoms with Crippen LogP contribution in [0.25, 0.3) is 0 Å². The molecule has 0 radical (unpaired) electrons. The van der Waals surface area contributed by atoms with Crippen molar-refractivity contribution < 1.29 is 0 Å². The van der Waals surface area contributed by atoms with E-state index in [4.69, 9.17) is 0 Å². The first-order valence-electron chi connectivity index (χ1n) is 8.14. The lowest BCUT2D eigenvalue weighted by molar-refractivity contribution is 0.295. The van der Waals surface area contributed by atoms with Gasteiger partial charge < -0.3 is 10.6 Å². The molecule has 2 fully saturated rings. The Hall–Kier alpha value is -0.770. The molecule has 1 aromatic rings. The molecule has 112 valence electrons.